The Morgan fingerprint density at radius 1 is 1.18 bits per heavy atom. The van der Waals surface area contributed by atoms with Gasteiger partial charge in [-0.3, -0.25) is 0 Å². The molecule has 1 saturated heterocycles. The van der Waals surface area contributed by atoms with Crippen LogP contribution >= 0.6 is 0 Å². The van der Waals surface area contributed by atoms with E-state index in [4.69, 9.17) is 18.9 Å². The van der Waals surface area contributed by atoms with Gasteiger partial charge in [0.1, 0.15) is 0 Å². The molecule has 1 aliphatic rings. The predicted molar refractivity (Wildman–Crippen MR) is 138 cm³/mol. The van der Waals surface area contributed by atoms with E-state index in [1.807, 2.05) is 57.2 Å². The summed E-state index contributed by atoms with van der Waals surface area (Å²) in [4.78, 5) is 0. The highest BCUT2D eigenvalue weighted by Crippen LogP contribution is 2.35. The lowest BCUT2D eigenvalue weighted by Crippen LogP contribution is -2.50. The first-order valence-corrected chi connectivity index (χ1v) is 12.5. The van der Waals surface area contributed by atoms with Gasteiger partial charge >= 0.3 is 0 Å². The smallest absolute Gasteiger partial charge is 0.173 e. The van der Waals surface area contributed by atoms with Crippen molar-refractivity contribution in [1.29, 1.82) is 0 Å². The Balaban J connectivity index is 2.47. The summed E-state index contributed by atoms with van der Waals surface area (Å²) in [5.74, 6) is -0.989. The lowest BCUT2D eigenvalue weighted by atomic mass is 9.94. The molecule has 6 heteroatoms. The summed E-state index contributed by atoms with van der Waals surface area (Å²) >= 11 is 0. The average Bonchev–Trinajstić information content (AvgIpc) is 2.78. The molecule has 1 heterocycles. The fourth-order valence-corrected chi connectivity index (χ4v) is 3.80. The van der Waals surface area contributed by atoms with Crippen molar-refractivity contribution in [3.05, 3.63) is 60.8 Å². The maximum Gasteiger partial charge on any atom is 0.173 e. The molecule has 0 saturated carbocycles. The first kappa shape index (κ1) is 30.5. The molecule has 4 unspecified atom stereocenters. The van der Waals surface area contributed by atoms with Crippen LogP contribution in [0.15, 0.2) is 60.8 Å². The van der Waals surface area contributed by atoms with E-state index in [-0.39, 0.29) is 18.8 Å². The van der Waals surface area contributed by atoms with E-state index in [0.29, 0.717) is 58.5 Å². The molecule has 0 bridgehead atoms. The van der Waals surface area contributed by atoms with Crippen molar-refractivity contribution in [2.45, 2.75) is 83.4 Å². The lowest BCUT2D eigenvalue weighted by Gasteiger charge is -2.44. The van der Waals surface area contributed by atoms with Crippen molar-refractivity contribution in [3.63, 3.8) is 0 Å². The molecule has 0 aromatic carbocycles. The molecular weight excluding hydrogens is 432 g/mol. The van der Waals surface area contributed by atoms with Crippen molar-refractivity contribution in [1.82, 2.24) is 0 Å². The number of ether oxygens (including phenoxy) is 4. The van der Waals surface area contributed by atoms with Gasteiger partial charge in [-0.05, 0) is 52.0 Å². The Morgan fingerprint density at radius 2 is 2.00 bits per heavy atom. The number of allylic oxidation sites excluding steroid dienone is 7. The van der Waals surface area contributed by atoms with Gasteiger partial charge in [-0.15, -0.1) is 0 Å². The summed E-state index contributed by atoms with van der Waals surface area (Å²) in [6.07, 6.45) is 18.2. The Hall–Kier alpha value is -1.54. The molecule has 194 valence electrons. The second-order valence-corrected chi connectivity index (χ2v) is 8.76. The highest BCUT2D eigenvalue weighted by atomic mass is 16.7. The molecule has 1 fully saturated rings. The topological polar surface area (TPSA) is 77.4 Å². The van der Waals surface area contributed by atoms with Gasteiger partial charge in [0.15, 0.2) is 5.79 Å². The fraction of sp³-hybridized carbons (Fsp3) is 0.643. The van der Waals surface area contributed by atoms with Gasteiger partial charge in [-0.2, -0.15) is 0 Å². The minimum atomic E-state index is -0.989. The van der Waals surface area contributed by atoms with E-state index in [1.54, 1.807) is 6.08 Å². The Kier molecular flexibility index (Phi) is 16.8. The van der Waals surface area contributed by atoms with Crippen LogP contribution in [0.25, 0.3) is 0 Å². The molecule has 6 nitrogen and oxygen atoms in total. The Morgan fingerprint density at radius 3 is 2.74 bits per heavy atom. The molecular formula is C28H46O6. The quantitative estimate of drug-likeness (QED) is 0.212. The van der Waals surface area contributed by atoms with E-state index >= 15 is 0 Å². The number of aliphatic hydroxyl groups is 2. The van der Waals surface area contributed by atoms with Crippen LogP contribution in [-0.4, -0.2) is 67.3 Å². The minimum Gasteiger partial charge on any atom is -0.396 e. The molecule has 34 heavy (non-hydrogen) atoms. The first-order valence-electron chi connectivity index (χ1n) is 12.5. The summed E-state index contributed by atoms with van der Waals surface area (Å²) < 4.78 is 24.1. The van der Waals surface area contributed by atoms with E-state index in [1.165, 1.54) is 0 Å². The van der Waals surface area contributed by atoms with Crippen LogP contribution in [0.1, 0.15) is 59.3 Å². The van der Waals surface area contributed by atoms with Crippen molar-refractivity contribution < 1.29 is 29.2 Å². The van der Waals surface area contributed by atoms with Gasteiger partial charge < -0.3 is 29.2 Å². The van der Waals surface area contributed by atoms with Crippen molar-refractivity contribution in [2.75, 3.05) is 33.0 Å². The van der Waals surface area contributed by atoms with Crippen LogP contribution in [0.4, 0.5) is 0 Å². The van der Waals surface area contributed by atoms with Crippen LogP contribution in [0.3, 0.4) is 0 Å². The third kappa shape index (κ3) is 14.0. The van der Waals surface area contributed by atoms with Crippen molar-refractivity contribution in [2.24, 2.45) is 0 Å². The lowest BCUT2D eigenvalue weighted by molar-refractivity contribution is -0.316. The second-order valence-electron chi connectivity index (χ2n) is 8.76. The van der Waals surface area contributed by atoms with E-state index in [0.717, 1.165) is 12.0 Å². The second kappa shape index (κ2) is 18.7. The van der Waals surface area contributed by atoms with Crippen molar-refractivity contribution >= 4 is 0 Å². The normalized spacial score (nSPS) is 25.0. The number of hydrogen-bond acceptors (Lipinski definition) is 6. The largest absolute Gasteiger partial charge is 0.396 e. The molecule has 0 amide bonds. The molecule has 0 aromatic heterocycles. The Labute approximate surface area is 206 Å². The predicted octanol–water partition coefficient (Wildman–Crippen LogP) is 5.03. The summed E-state index contributed by atoms with van der Waals surface area (Å²) in [6, 6.07) is 0. The summed E-state index contributed by atoms with van der Waals surface area (Å²) in [6.45, 7) is 11.9. The fourth-order valence-electron chi connectivity index (χ4n) is 3.80. The number of hydrogen-bond donors (Lipinski definition) is 2. The number of aliphatic hydroxyl groups excluding tert-OH is 2. The molecule has 2 N–H and O–H groups in total. The molecule has 0 aromatic rings. The molecule has 1 aliphatic heterocycles. The third-order valence-electron chi connectivity index (χ3n) is 5.45. The maximum absolute atomic E-state index is 10.5. The average molecular weight is 479 g/mol. The molecule has 1 rings (SSSR count). The SMILES string of the molecule is C=C/C=C\C=C(/C)COCCC1CC(O)CC(CCO)(OC(C)CCOCC/C=C\C=C/C)O1. The standard InChI is InChI=1S/C28H46O6/c1-5-7-9-10-12-18-31-19-14-25(4)33-28(16-17-29)22-26(30)21-27(34-28)15-20-32-23-24(3)13-11-8-6-2/h5-11,13,25-27,29-30H,2,12,14-23H2,1,3-4H3/b7-5-,10-9-,11-8-,24-13+. The molecule has 0 radical (unpaired) electrons. The van der Waals surface area contributed by atoms with Crippen LogP contribution in [-0.2, 0) is 18.9 Å². The Bertz CT molecular complexity index is 653. The highest BCUT2D eigenvalue weighted by molar-refractivity contribution is 5.14. The number of rotatable bonds is 18. The molecule has 0 spiro atoms. The van der Waals surface area contributed by atoms with Crippen LogP contribution in [0.5, 0.6) is 0 Å². The van der Waals surface area contributed by atoms with Gasteiger partial charge in [0.25, 0.3) is 0 Å². The van der Waals surface area contributed by atoms with Gasteiger partial charge in [0.05, 0.1) is 31.5 Å². The van der Waals surface area contributed by atoms with E-state index < -0.39 is 11.9 Å². The van der Waals surface area contributed by atoms with Gasteiger partial charge in [-0.1, -0.05) is 55.2 Å². The monoisotopic (exact) mass is 478 g/mol. The third-order valence-corrected chi connectivity index (χ3v) is 5.45. The summed E-state index contributed by atoms with van der Waals surface area (Å²) in [5, 5.41) is 20.2. The molecule has 4 atom stereocenters. The maximum atomic E-state index is 10.5. The van der Waals surface area contributed by atoms with E-state index in [2.05, 4.69) is 12.7 Å². The minimum absolute atomic E-state index is 0.0695. The zero-order chi connectivity index (χ0) is 25.1. The molecule has 0 aliphatic carbocycles. The van der Waals surface area contributed by atoms with Gasteiger partial charge in [0.2, 0.25) is 0 Å². The van der Waals surface area contributed by atoms with Crippen LogP contribution < -0.4 is 0 Å². The van der Waals surface area contributed by atoms with Crippen LogP contribution in [0, 0.1) is 0 Å². The van der Waals surface area contributed by atoms with Gasteiger partial charge in [-0.25, -0.2) is 0 Å². The summed E-state index contributed by atoms with van der Waals surface area (Å²) in [5.41, 5.74) is 1.12. The van der Waals surface area contributed by atoms with Crippen molar-refractivity contribution in [3.8, 4) is 0 Å². The highest BCUT2D eigenvalue weighted by Gasteiger charge is 2.42. The van der Waals surface area contributed by atoms with E-state index in [9.17, 15) is 10.2 Å². The zero-order valence-electron chi connectivity index (χ0n) is 21.4. The van der Waals surface area contributed by atoms with Crippen LogP contribution in [0.2, 0.25) is 0 Å². The van der Waals surface area contributed by atoms with Gasteiger partial charge in [0, 0.05) is 32.7 Å². The summed E-state index contributed by atoms with van der Waals surface area (Å²) in [7, 11) is 0. The first-order chi connectivity index (χ1) is 16.4. The zero-order valence-corrected chi connectivity index (χ0v) is 21.4.